The Bertz CT molecular complexity index is 2680. The minimum absolute atomic E-state index is 0.453. The number of hydrogen-bond donors (Lipinski definition) is 0. The first-order valence-corrected chi connectivity index (χ1v) is 16.9. The average Bonchev–Trinajstić information content (AvgIpc) is 3.67. The fraction of sp³-hybridized carbons (Fsp3) is 0.0213. The molecule has 1 heterocycles. The molecule has 228 valence electrons. The van der Waals surface area contributed by atoms with Gasteiger partial charge in [-0.05, 0) is 104 Å². The molecule has 1 spiro atoms. The molecule has 49 heavy (non-hydrogen) atoms. The third-order valence-electron chi connectivity index (χ3n) is 10.8. The zero-order chi connectivity index (χ0) is 32.1. The van der Waals surface area contributed by atoms with E-state index in [9.17, 15) is 0 Å². The second kappa shape index (κ2) is 9.82. The molecule has 2 aliphatic carbocycles. The number of fused-ring (bicyclic) bond motifs is 12. The monoisotopic (exact) mass is 623 g/mol. The van der Waals surface area contributed by atoms with Crippen LogP contribution in [-0.2, 0) is 5.41 Å². The maximum atomic E-state index is 6.83. The second-order valence-corrected chi connectivity index (χ2v) is 13.2. The lowest BCUT2D eigenvalue weighted by atomic mass is 9.61. The average molecular weight is 624 g/mol. The molecular formula is C47H29NO. The van der Waals surface area contributed by atoms with Gasteiger partial charge < -0.3 is 9.32 Å². The first kappa shape index (κ1) is 26.7. The maximum absolute atomic E-state index is 6.83. The van der Waals surface area contributed by atoms with E-state index >= 15 is 0 Å². The van der Waals surface area contributed by atoms with Crippen LogP contribution in [0.1, 0.15) is 22.3 Å². The van der Waals surface area contributed by atoms with Crippen LogP contribution in [0.15, 0.2) is 180 Å². The van der Waals surface area contributed by atoms with E-state index in [1.54, 1.807) is 0 Å². The molecule has 8 aromatic carbocycles. The van der Waals surface area contributed by atoms with Gasteiger partial charge in [-0.25, -0.2) is 0 Å². The van der Waals surface area contributed by atoms with E-state index in [0.29, 0.717) is 0 Å². The van der Waals surface area contributed by atoms with Gasteiger partial charge in [0.2, 0.25) is 0 Å². The summed E-state index contributed by atoms with van der Waals surface area (Å²) in [7, 11) is 0. The number of para-hydroxylation sites is 2. The quantitative estimate of drug-likeness (QED) is 0.195. The highest BCUT2D eigenvalue weighted by atomic mass is 16.3. The molecule has 2 aliphatic rings. The van der Waals surface area contributed by atoms with Gasteiger partial charge in [0, 0.05) is 33.9 Å². The zero-order valence-corrected chi connectivity index (χ0v) is 26.6. The van der Waals surface area contributed by atoms with Crippen LogP contribution in [-0.4, -0.2) is 0 Å². The summed E-state index contributed by atoms with van der Waals surface area (Å²) in [5.41, 5.74) is 15.1. The molecular weight excluding hydrogens is 595 g/mol. The second-order valence-electron chi connectivity index (χ2n) is 13.2. The van der Waals surface area contributed by atoms with E-state index in [1.165, 1.54) is 55.3 Å². The molecule has 0 bridgehead atoms. The maximum Gasteiger partial charge on any atom is 0.137 e. The van der Waals surface area contributed by atoms with Crippen molar-refractivity contribution in [3.05, 3.63) is 198 Å². The van der Waals surface area contributed by atoms with Gasteiger partial charge >= 0.3 is 0 Å². The van der Waals surface area contributed by atoms with Gasteiger partial charge in [0.15, 0.2) is 0 Å². The molecule has 0 aliphatic heterocycles. The Morgan fingerprint density at radius 2 is 0.939 bits per heavy atom. The predicted octanol–water partition coefficient (Wildman–Crippen LogP) is 12.6. The molecule has 0 saturated carbocycles. The predicted molar refractivity (Wildman–Crippen MR) is 202 cm³/mol. The molecule has 0 fully saturated rings. The van der Waals surface area contributed by atoms with E-state index in [4.69, 9.17) is 4.42 Å². The van der Waals surface area contributed by atoms with Gasteiger partial charge in [-0.2, -0.15) is 0 Å². The van der Waals surface area contributed by atoms with Crippen molar-refractivity contribution in [2.45, 2.75) is 5.41 Å². The van der Waals surface area contributed by atoms with Gasteiger partial charge in [-0.3, -0.25) is 0 Å². The fourth-order valence-corrected chi connectivity index (χ4v) is 8.92. The summed E-state index contributed by atoms with van der Waals surface area (Å²) >= 11 is 0. The molecule has 11 rings (SSSR count). The Kier molecular flexibility index (Phi) is 5.34. The fourth-order valence-electron chi connectivity index (χ4n) is 8.92. The number of anilines is 3. The van der Waals surface area contributed by atoms with Crippen molar-refractivity contribution < 1.29 is 4.42 Å². The van der Waals surface area contributed by atoms with Crippen LogP contribution < -0.4 is 4.90 Å². The Morgan fingerprint density at radius 3 is 1.63 bits per heavy atom. The Balaban J connectivity index is 1.22. The van der Waals surface area contributed by atoms with Gasteiger partial charge in [0.05, 0.1) is 5.41 Å². The lowest BCUT2D eigenvalue weighted by Gasteiger charge is -2.40. The number of hydrogen-bond acceptors (Lipinski definition) is 2. The molecule has 0 radical (unpaired) electrons. The van der Waals surface area contributed by atoms with Crippen molar-refractivity contribution in [3.8, 4) is 22.3 Å². The highest BCUT2D eigenvalue weighted by Gasteiger charge is 2.50. The van der Waals surface area contributed by atoms with Crippen LogP contribution in [0.5, 0.6) is 0 Å². The number of benzene rings is 8. The van der Waals surface area contributed by atoms with Gasteiger partial charge in [0.1, 0.15) is 11.2 Å². The van der Waals surface area contributed by atoms with Crippen molar-refractivity contribution in [2.24, 2.45) is 0 Å². The van der Waals surface area contributed by atoms with E-state index < -0.39 is 5.41 Å². The van der Waals surface area contributed by atoms with Crippen LogP contribution in [0.3, 0.4) is 0 Å². The van der Waals surface area contributed by atoms with Crippen LogP contribution in [0.2, 0.25) is 0 Å². The number of rotatable bonds is 3. The van der Waals surface area contributed by atoms with E-state index in [2.05, 4.69) is 181 Å². The summed E-state index contributed by atoms with van der Waals surface area (Å²) in [6.45, 7) is 0. The summed E-state index contributed by atoms with van der Waals surface area (Å²) in [6, 6.07) is 64.1. The van der Waals surface area contributed by atoms with Crippen molar-refractivity contribution in [1.29, 1.82) is 0 Å². The lowest BCUT2D eigenvalue weighted by molar-refractivity contribution is 0.668. The SMILES string of the molecule is c1ccc(N(c2ccccc2)c2ccc3c(c2)oc2cc4c(cc23)C2(c3ccccc3-c3ccccc32)c2cccc3cccc-4c23)cc1. The largest absolute Gasteiger partial charge is 0.456 e. The number of nitrogens with zero attached hydrogens (tertiary/aromatic N) is 1. The summed E-state index contributed by atoms with van der Waals surface area (Å²) in [5.74, 6) is 0. The topological polar surface area (TPSA) is 16.4 Å². The molecule has 9 aromatic rings. The van der Waals surface area contributed by atoms with E-state index in [0.717, 1.165) is 39.0 Å². The minimum Gasteiger partial charge on any atom is -0.456 e. The van der Waals surface area contributed by atoms with Gasteiger partial charge in [-0.1, -0.05) is 121 Å². The first-order valence-electron chi connectivity index (χ1n) is 16.9. The first-order chi connectivity index (χ1) is 24.3. The molecule has 2 heteroatoms. The smallest absolute Gasteiger partial charge is 0.137 e. The van der Waals surface area contributed by atoms with E-state index in [-0.39, 0.29) is 0 Å². The zero-order valence-electron chi connectivity index (χ0n) is 26.6. The van der Waals surface area contributed by atoms with Crippen molar-refractivity contribution in [3.63, 3.8) is 0 Å². The normalized spacial score (nSPS) is 13.5. The minimum atomic E-state index is -0.453. The van der Waals surface area contributed by atoms with E-state index in [1.807, 2.05) is 0 Å². The molecule has 0 N–H and O–H groups in total. The highest BCUT2D eigenvalue weighted by Crippen LogP contribution is 2.62. The van der Waals surface area contributed by atoms with Crippen molar-refractivity contribution >= 4 is 49.8 Å². The molecule has 1 aromatic heterocycles. The third-order valence-corrected chi connectivity index (χ3v) is 10.8. The Hall–Kier alpha value is -6.38. The highest BCUT2D eigenvalue weighted by molar-refractivity contribution is 6.12. The van der Waals surface area contributed by atoms with Crippen LogP contribution >= 0.6 is 0 Å². The standard InChI is InChI=1S/C47H29NO/c1-3-15-31(16-4-1)48(32-17-5-2-6-18-32)33-25-26-36-39-28-43-38(29-45(39)49-44(36)27-33)37-21-11-13-30-14-12-24-42(46(30)37)47(43)40-22-9-7-19-34(40)35-20-8-10-23-41(35)47/h1-29H. The molecule has 0 saturated heterocycles. The summed E-state index contributed by atoms with van der Waals surface area (Å²) < 4.78 is 6.83. The molecule has 2 nitrogen and oxygen atoms in total. The Labute approximate surface area is 284 Å². The molecule has 0 unspecified atom stereocenters. The van der Waals surface area contributed by atoms with Gasteiger partial charge in [0.25, 0.3) is 0 Å². The summed E-state index contributed by atoms with van der Waals surface area (Å²) in [5, 5.41) is 4.84. The number of furan rings is 1. The van der Waals surface area contributed by atoms with Gasteiger partial charge in [-0.15, -0.1) is 0 Å². The lowest BCUT2D eigenvalue weighted by Crippen LogP contribution is -2.31. The molecule has 0 atom stereocenters. The third kappa shape index (κ3) is 3.50. The van der Waals surface area contributed by atoms with Crippen LogP contribution in [0.25, 0.3) is 55.0 Å². The molecule has 0 amide bonds. The van der Waals surface area contributed by atoms with Crippen molar-refractivity contribution in [1.82, 2.24) is 0 Å². The van der Waals surface area contributed by atoms with Crippen molar-refractivity contribution in [2.75, 3.05) is 4.90 Å². The van der Waals surface area contributed by atoms with Crippen LogP contribution in [0, 0.1) is 0 Å². The van der Waals surface area contributed by atoms with Crippen LogP contribution in [0.4, 0.5) is 17.1 Å². The Morgan fingerprint density at radius 1 is 0.367 bits per heavy atom. The summed E-state index contributed by atoms with van der Waals surface area (Å²) in [6.07, 6.45) is 0. The summed E-state index contributed by atoms with van der Waals surface area (Å²) in [4.78, 5) is 2.29.